The number of halogens is 2. The Morgan fingerprint density at radius 3 is 2.75 bits per heavy atom. The summed E-state index contributed by atoms with van der Waals surface area (Å²) >= 11 is 0. The fraction of sp³-hybridized carbons (Fsp3) is 0.111. The van der Waals surface area contributed by atoms with Gasteiger partial charge in [-0.25, -0.2) is 13.9 Å². The number of benzene rings is 1. The first-order valence-corrected chi connectivity index (χ1v) is 3.44. The Hall–Kier alpha value is -1.22. The maximum atomic E-state index is 12.8. The third-order valence-electron chi connectivity index (χ3n) is 1.38. The molecule has 0 aliphatic carbocycles. The van der Waals surface area contributed by atoms with Crippen LogP contribution >= 0.6 is 0 Å². The molecule has 0 aromatic heterocycles. The molecular formula is C9H7F2O. The van der Waals surface area contributed by atoms with E-state index in [1.165, 1.54) is 24.3 Å². The summed E-state index contributed by atoms with van der Waals surface area (Å²) in [6.07, 6.45) is 2.50. The smallest absolute Gasteiger partial charge is 0.166 e. The highest BCUT2D eigenvalue weighted by Crippen LogP contribution is 2.12. The predicted molar refractivity (Wildman–Crippen MR) is 40.9 cm³/mol. The van der Waals surface area contributed by atoms with Crippen LogP contribution in [-0.2, 0) is 5.11 Å². The molecule has 1 nitrogen and oxygen atoms in total. The quantitative estimate of drug-likeness (QED) is 0.647. The van der Waals surface area contributed by atoms with Crippen molar-refractivity contribution in [3.63, 3.8) is 0 Å². The molecule has 0 aliphatic rings. The van der Waals surface area contributed by atoms with Crippen LogP contribution < -0.4 is 0 Å². The zero-order chi connectivity index (χ0) is 8.97. The van der Waals surface area contributed by atoms with Crippen molar-refractivity contribution in [3.8, 4) is 0 Å². The Balaban J connectivity index is 3.00. The Labute approximate surface area is 69.0 Å². The molecule has 0 aliphatic heterocycles. The van der Waals surface area contributed by atoms with E-state index in [1.807, 2.05) is 0 Å². The molecule has 1 aromatic carbocycles. The molecule has 0 N–H and O–H groups in total. The summed E-state index contributed by atoms with van der Waals surface area (Å²) in [4.78, 5) is 0. The van der Waals surface area contributed by atoms with Crippen molar-refractivity contribution in [1.29, 1.82) is 0 Å². The minimum Gasteiger partial charge on any atom is -0.232 e. The molecule has 0 unspecified atom stereocenters. The lowest BCUT2D eigenvalue weighted by Gasteiger charge is -1.96. The van der Waals surface area contributed by atoms with Crippen molar-refractivity contribution in [2.75, 3.05) is 6.61 Å². The lowest BCUT2D eigenvalue weighted by Crippen LogP contribution is -1.87. The Morgan fingerprint density at radius 1 is 1.33 bits per heavy atom. The van der Waals surface area contributed by atoms with E-state index in [0.717, 1.165) is 6.07 Å². The topological polar surface area (TPSA) is 19.9 Å². The average molecular weight is 169 g/mol. The number of hydrogen-bond donors (Lipinski definition) is 0. The fourth-order valence-electron chi connectivity index (χ4n) is 0.824. The van der Waals surface area contributed by atoms with Crippen LogP contribution in [0.1, 0.15) is 5.56 Å². The van der Waals surface area contributed by atoms with Crippen molar-refractivity contribution in [2.45, 2.75) is 0 Å². The van der Waals surface area contributed by atoms with E-state index in [0.29, 0.717) is 0 Å². The van der Waals surface area contributed by atoms with Gasteiger partial charge in [0.2, 0.25) is 0 Å². The van der Waals surface area contributed by atoms with Crippen LogP contribution in [0.5, 0.6) is 0 Å². The van der Waals surface area contributed by atoms with E-state index in [1.54, 1.807) is 0 Å². The first-order chi connectivity index (χ1) is 5.75. The molecule has 0 fully saturated rings. The molecule has 0 saturated carbocycles. The summed E-state index contributed by atoms with van der Waals surface area (Å²) in [6, 6.07) is 3.83. The summed E-state index contributed by atoms with van der Waals surface area (Å²) in [6.45, 7) is -0.435. The van der Waals surface area contributed by atoms with E-state index >= 15 is 0 Å². The zero-order valence-electron chi connectivity index (χ0n) is 6.26. The second-order valence-electron chi connectivity index (χ2n) is 2.21. The van der Waals surface area contributed by atoms with Crippen molar-refractivity contribution in [2.24, 2.45) is 0 Å². The SMILES string of the molecule is [O]C/C=C/c1cccc(F)c1F. The minimum absolute atomic E-state index is 0.103. The Kier molecular flexibility index (Phi) is 2.94. The van der Waals surface area contributed by atoms with Crippen LogP contribution in [0.15, 0.2) is 24.3 Å². The molecule has 0 spiro atoms. The van der Waals surface area contributed by atoms with E-state index in [-0.39, 0.29) is 5.56 Å². The highest BCUT2D eigenvalue weighted by atomic mass is 19.2. The fourth-order valence-corrected chi connectivity index (χ4v) is 0.824. The van der Waals surface area contributed by atoms with Gasteiger partial charge >= 0.3 is 0 Å². The number of hydrogen-bond acceptors (Lipinski definition) is 0. The van der Waals surface area contributed by atoms with Gasteiger partial charge in [0.15, 0.2) is 11.6 Å². The van der Waals surface area contributed by atoms with Gasteiger partial charge in [0, 0.05) is 5.56 Å². The summed E-state index contributed by atoms with van der Waals surface area (Å²) in [7, 11) is 0. The van der Waals surface area contributed by atoms with Crippen LogP contribution in [0.25, 0.3) is 6.08 Å². The predicted octanol–water partition coefficient (Wildman–Crippen LogP) is 2.41. The monoisotopic (exact) mass is 169 g/mol. The van der Waals surface area contributed by atoms with Crippen molar-refractivity contribution >= 4 is 6.08 Å². The third-order valence-corrected chi connectivity index (χ3v) is 1.38. The molecule has 3 heteroatoms. The maximum Gasteiger partial charge on any atom is 0.166 e. The van der Waals surface area contributed by atoms with Gasteiger partial charge in [-0.05, 0) is 6.07 Å². The van der Waals surface area contributed by atoms with Gasteiger partial charge in [-0.2, -0.15) is 0 Å². The van der Waals surface area contributed by atoms with Crippen LogP contribution in [0.4, 0.5) is 8.78 Å². The molecule has 0 bridgehead atoms. The van der Waals surface area contributed by atoms with Crippen molar-refractivity contribution < 1.29 is 13.9 Å². The van der Waals surface area contributed by atoms with Gasteiger partial charge in [-0.3, -0.25) is 0 Å². The summed E-state index contributed by atoms with van der Waals surface area (Å²) in [5.74, 6) is -1.81. The van der Waals surface area contributed by atoms with Gasteiger partial charge in [0.1, 0.15) is 6.61 Å². The van der Waals surface area contributed by atoms with Crippen LogP contribution in [0.3, 0.4) is 0 Å². The molecule has 0 amide bonds. The molecule has 1 rings (SSSR count). The Morgan fingerprint density at radius 2 is 2.08 bits per heavy atom. The van der Waals surface area contributed by atoms with E-state index in [4.69, 9.17) is 0 Å². The lowest BCUT2D eigenvalue weighted by atomic mass is 10.2. The van der Waals surface area contributed by atoms with Crippen molar-refractivity contribution in [1.82, 2.24) is 0 Å². The average Bonchev–Trinajstić information content (AvgIpc) is 2.08. The van der Waals surface area contributed by atoms with Crippen LogP contribution in [0, 0.1) is 11.6 Å². The van der Waals surface area contributed by atoms with Crippen LogP contribution in [0.2, 0.25) is 0 Å². The van der Waals surface area contributed by atoms with Gasteiger partial charge in [0.25, 0.3) is 0 Å². The third kappa shape index (κ3) is 1.89. The largest absolute Gasteiger partial charge is 0.232 e. The Bertz CT molecular complexity index is 295. The maximum absolute atomic E-state index is 12.8. The lowest BCUT2D eigenvalue weighted by molar-refractivity contribution is 0.233. The molecule has 0 heterocycles. The second-order valence-corrected chi connectivity index (χ2v) is 2.21. The van der Waals surface area contributed by atoms with Gasteiger partial charge < -0.3 is 0 Å². The summed E-state index contributed by atoms with van der Waals surface area (Å²) in [5, 5.41) is 10.00. The van der Waals surface area contributed by atoms with Crippen LogP contribution in [-0.4, -0.2) is 6.61 Å². The minimum atomic E-state index is -0.915. The first kappa shape index (κ1) is 8.87. The molecule has 1 aromatic rings. The number of rotatable bonds is 2. The summed E-state index contributed by atoms with van der Waals surface area (Å²) in [5.41, 5.74) is 0.103. The molecular weight excluding hydrogens is 162 g/mol. The normalized spacial score (nSPS) is 10.9. The molecule has 12 heavy (non-hydrogen) atoms. The van der Waals surface area contributed by atoms with E-state index in [9.17, 15) is 13.9 Å². The van der Waals surface area contributed by atoms with Gasteiger partial charge in [-0.15, -0.1) is 0 Å². The van der Waals surface area contributed by atoms with Crippen molar-refractivity contribution in [3.05, 3.63) is 41.5 Å². The highest BCUT2D eigenvalue weighted by Gasteiger charge is 2.03. The second kappa shape index (κ2) is 3.97. The van der Waals surface area contributed by atoms with Gasteiger partial charge in [0.05, 0.1) is 0 Å². The van der Waals surface area contributed by atoms with E-state index in [2.05, 4.69) is 0 Å². The molecule has 1 radical (unpaired) electrons. The molecule has 63 valence electrons. The highest BCUT2D eigenvalue weighted by molar-refractivity contribution is 5.49. The molecule has 0 atom stereocenters. The van der Waals surface area contributed by atoms with Gasteiger partial charge in [-0.1, -0.05) is 24.3 Å². The standard InChI is InChI=1S/C9H7F2O/c10-8-5-1-3-7(9(8)11)4-2-6-12/h1-5H,6H2/b4-2+. The molecule has 0 saturated heterocycles. The summed E-state index contributed by atoms with van der Waals surface area (Å²) < 4.78 is 25.3. The zero-order valence-corrected chi connectivity index (χ0v) is 6.26. The van der Waals surface area contributed by atoms with E-state index < -0.39 is 18.2 Å². The first-order valence-electron chi connectivity index (χ1n) is 3.44.